The van der Waals surface area contributed by atoms with Crippen molar-refractivity contribution >= 4 is 29.5 Å². The summed E-state index contributed by atoms with van der Waals surface area (Å²) < 4.78 is 0. The van der Waals surface area contributed by atoms with Crippen LogP contribution in [0.4, 0.5) is 0 Å². The minimum atomic E-state index is -3.17. The van der Waals surface area contributed by atoms with E-state index in [0.29, 0.717) is 0 Å². The molecule has 1 aliphatic rings. The van der Waals surface area contributed by atoms with Crippen LogP contribution in [0.25, 0.3) is 0 Å². The molecule has 0 spiro atoms. The Morgan fingerprint density at radius 2 is 1.77 bits per heavy atom. The third kappa shape index (κ3) is 3.79. The first-order valence-corrected chi connectivity index (χ1v) is 7.14. The van der Waals surface area contributed by atoms with Crippen molar-refractivity contribution in [2.24, 2.45) is 11.5 Å². The highest BCUT2D eigenvalue weighted by atomic mass is 16.4. The zero-order chi connectivity index (χ0) is 20.2. The van der Waals surface area contributed by atoms with Crippen molar-refractivity contribution < 1.29 is 44.4 Å². The summed E-state index contributed by atoms with van der Waals surface area (Å²) >= 11 is 0. The average Bonchev–Trinajstić information content (AvgIpc) is 2.86. The molecular weight excluding hydrogens is 356 g/mol. The number of carbonyl (C=O) groups excluding carboxylic acids is 3. The predicted octanol–water partition coefficient (Wildman–Crippen LogP) is -4.44. The molecule has 0 saturated heterocycles. The molecule has 1 aliphatic heterocycles. The summed E-state index contributed by atoms with van der Waals surface area (Å²) in [6.45, 7) is -1.18. The maximum Gasteiger partial charge on any atom is 0.341 e. The van der Waals surface area contributed by atoms with E-state index in [1.165, 1.54) is 0 Å². The van der Waals surface area contributed by atoms with Gasteiger partial charge in [-0.2, -0.15) is 0 Å². The quantitative estimate of drug-likeness (QED) is 0.141. The summed E-state index contributed by atoms with van der Waals surface area (Å²) in [6.07, 6.45) is -1.40. The number of rotatable bonds is 9. The molecule has 13 heteroatoms. The second-order valence-corrected chi connectivity index (χ2v) is 5.42. The van der Waals surface area contributed by atoms with E-state index in [2.05, 4.69) is 5.32 Å². The highest BCUT2D eigenvalue weighted by Gasteiger charge is 2.52. The second-order valence-electron chi connectivity index (χ2n) is 5.42. The topological polar surface area (TPSA) is 242 Å². The van der Waals surface area contributed by atoms with E-state index < -0.39 is 71.5 Å². The predicted molar refractivity (Wildman–Crippen MR) is 81.5 cm³/mol. The lowest BCUT2D eigenvalue weighted by Crippen LogP contribution is -2.64. The van der Waals surface area contributed by atoms with Gasteiger partial charge in [0.2, 0.25) is 11.4 Å². The molecule has 10 N–H and O–H groups in total. The number of carboxylic acids is 2. The third-order valence-electron chi connectivity index (χ3n) is 3.66. The first kappa shape index (κ1) is 21.0. The van der Waals surface area contributed by atoms with Crippen molar-refractivity contribution in [1.82, 2.24) is 10.6 Å². The molecule has 144 valence electrons. The molecule has 0 saturated carbocycles. The van der Waals surface area contributed by atoms with Crippen molar-refractivity contribution in [1.29, 1.82) is 0 Å². The first-order valence-electron chi connectivity index (χ1n) is 7.14. The van der Waals surface area contributed by atoms with Crippen LogP contribution in [-0.2, 0) is 24.0 Å². The van der Waals surface area contributed by atoms with Gasteiger partial charge in [0.1, 0.15) is 17.4 Å². The minimum absolute atomic E-state index is 0.264. The Kier molecular flexibility index (Phi) is 6.39. The molecule has 0 aromatic rings. The number of hydrogen-bond acceptors (Lipinski definition) is 9. The lowest BCUT2D eigenvalue weighted by molar-refractivity contribution is -0.163. The minimum Gasteiger partial charge on any atom is -0.509 e. The number of aliphatic hydroxyl groups excluding tert-OH is 2. The average molecular weight is 374 g/mol. The fraction of sp³-hybridized carbons (Fsp3) is 0.462. The largest absolute Gasteiger partial charge is 0.509 e. The standard InChI is InChI=1S/C13H18N4O9/c14-2-5-8(20)7(10(22)16-5)6(19)1-13(11(23)24,12(25)26)17-9(21)4(15)3-18/h4-5,18,20H,1-3,14-15H2,(H,16,22)(H,17,21)(H,23,24)(H,25,26)/t4-,5-/m0/s1. The Morgan fingerprint density at radius 1 is 1.23 bits per heavy atom. The zero-order valence-electron chi connectivity index (χ0n) is 13.3. The number of carboxylic acid groups (broad SMARTS) is 2. The Bertz CT molecular complexity index is 673. The van der Waals surface area contributed by atoms with Gasteiger partial charge in [-0.25, -0.2) is 9.59 Å². The van der Waals surface area contributed by atoms with Crippen LogP contribution < -0.4 is 22.1 Å². The summed E-state index contributed by atoms with van der Waals surface area (Å²) in [5, 5.41) is 40.9. The molecule has 0 aliphatic carbocycles. The van der Waals surface area contributed by atoms with E-state index in [9.17, 15) is 39.3 Å². The molecule has 1 rings (SSSR count). The SMILES string of the molecule is NC[C@@H]1NC(=O)C(C(=O)CC(NC(=O)[C@@H](N)CO)(C(=O)O)C(=O)O)=C1O. The number of Topliss-reactive ketones (excluding diaryl/α,β-unsaturated/α-hetero) is 1. The van der Waals surface area contributed by atoms with Crippen LogP contribution in [0.2, 0.25) is 0 Å². The molecule has 1 heterocycles. The number of nitrogens with two attached hydrogens (primary N) is 2. The highest BCUT2D eigenvalue weighted by molar-refractivity contribution is 6.24. The molecule has 0 aromatic carbocycles. The van der Waals surface area contributed by atoms with Crippen molar-refractivity contribution in [2.45, 2.75) is 24.0 Å². The second kappa shape index (κ2) is 7.90. The smallest absolute Gasteiger partial charge is 0.341 e. The molecule has 0 bridgehead atoms. The van der Waals surface area contributed by atoms with Crippen LogP contribution in [-0.4, -0.2) is 80.7 Å². The Labute approximate surface area is 145 Å². The van der Waals surface area contributed by atoms with Gasteiger partial charge in [-0.15, -0.1) is 0 Å². The van der Waals surface area contributed by atoms with Crippen molar-refractivity contribution in [3.8, 4) is 0 Å². The summed E-state index contributed by atoms with van der Waals surface area (Å²) in [5.74, 6) is -8.76. The van der Waals surface area contributed by atoms with Crippen LogP contribution in [0.3, 0.4) is 0 Å². The Balaban J connectivity index is 3.26. The number of carbonyl (C=O) groups is 5. The molecule has 0 radical (unpaired) electrons. The van der Waals surface area contributed by atoms with Crippen LogP contribution in [0, 0.1) is 0 Å². The molecular formula is C13H18N4O9. The van der Waals surface area contributed by atoms with Crippen molar-refractivity contribution in [2.75, 3.05) is 13.2 Å². The van der Waals surface area contributed by atoms with Gasteiger partial charge >= 0.3 is 11.9 Å². The van der Waals surface area contributed by atoms with Crippen LogP contribution >= 0.6 is 0 Å². The van der Waals surface area contributed by atoms with Gasteiger partial charge in [0.25, 0.3) is 5.91 Å². The van der Waals surface area contributed by atoms with Crippen molar-refractivity contribution in [3.63, 3.8) is 0 Å². The number of aliphatic carboxylic acids is 2. The van der Waals surface area contributed by atoms with Gasteiger partial charge in [0.05, 0.1) is 19.1 Å². The van der Waals surface area contributed by atoms with Gasteiger partial charge in [0.15, 0.2) is 5.78 Å². The molecule has 0 unspecified atom stereocenters. The number of hydrogen-bond donors (Lipinski definition) is 8. The lowest BCUT2D eigenvalue weighted by Gasteiger charge is -2.26. The van der Waals surface area contributed by atoms with Crippen molar-refractivity contribution in [3.05, 3.63) is 11.3 Å². The van der Waals surface area contributed by atoms with E-state index in [4.69, 9.17) is 16.6 Å². The monoisotopic (exact) mass is 374 g/mol. The Hall–Kier alpha value is -3.03. The molecule has 2 atom stereocenters. The van der Waals surface area contributed by atoms with Crippen LogP contribution in [0.1, 0.15) is 6.42 Å². The van der Waals surface area contributed by atoms with E-state index >= 15 is 0 Å². The normalized spacial score (nSPS) is 18.3. The number of aliphatic hydroxyl groups is 2. The fourth-order valence-corrected chi connectivity index (χ4v) is 2.14. The van der Waals surface area contributed by atoms with Gasteiger partial charge in [0, 0.05) is 6.54 Å². The molecule has 26 heavy (non-hydrogen) atoms. The van der Waals surface area contributed by atoms with Gasteiger partial charge in [-0.1, -0.05) is 0 Å². The summed E-state index contributed by atoms with van der Waals surface area (Å²) in [6, 6.07) is -2.73. The lowest BCUT2D eigenvalue weighted by atomic mass is 9.89. The third-order valence-corrected chi connectivity index (χ3v) is 3.66. The van der Waals surface area contributed by atoms with Gasteiger partial charge in [-0.05, 0) is 0 Å². The first-order chi connectivity index (χ1) is 12.0. The maximum absolute atomic E-state index is 12.3. The van der Waals surface area contributed by atoms with E-state index in [1.54, 1.807) is 5.32 Å². The van der Waals surface area contributed by atoms with E-state index in [-0.39, 0.29) is 6.54 Å². The fourth-order valence-electron chi connectivity index (χ4n) is 2.14. The number of ketones is 1. The summed E-state index contributed by atoms with van der Waals surface area (Å²) in [5.41, 5.74) is 6.46. The van der Waals surface area contributed by atoms with Gasteiger partial charge < -0.3 is 42.5 Å². The van der Waals surface area contributed by atoms with E-state index in [1.807, 2.05) is 0 Å². The van der Waals surface area contributed by atoms with Gasteiger partial charge in [-0.3, -0.25) is 14.4 Å². The Morgan fingerprint density at radius 3 is 2.15 bits per heavy atom. The molecule has 13 nitrogen and oxygen atoms in total. The number of nitrogens with one attached hydrogen (secondary N) is 2. The number of amides is 2. The highest BCUT2D eigenvalue weighted by Crippen LogP contribution is 2.22. The van der Waals surface area contributed by atoms with E-state index in [0.717, 1.165) is 0 Å². The van der Waals surface area contributed by atoms with Crippen LogP contribution in [0.15, 0.2) is 11.3 Å². The summed E-state index contributed by atoms with van der Waals surface area (Å²) in [4.78, 5) is 58.8. The zero-order valence-corrected chi connectivity index (χ0v) is 13.3. The summed E-state index contributed by atoms with van der Waals surface area (Å²) in [7, 11) is 0. The molecule has 0 aromatic heterocycles. The van der Waals surface area contributed by atoms with Crippen LogP contribution in [0.5, 0.6) is 0 Å². The maximum atomic E-state index is 12.3. The molecule has 2 amide bonds. The molecule has 0 fully saturated rings.